The molecule has 2 atom stereocenters. The Kier molecular flexibility index (Phi) is 6.13. The minimum Gasteiger partial charge on any atom is -0.348 e. The zero-order chi connectivity index (χ0) is 23.9. The van der Waals surface area contributed by atoms with Crippen molar-refractivity contribution in [3.05, 3.63) is 63.5 Å². The van der Waals surface area contributed by atoms with Crippen LogP contribution in [0.4, 0.5) is 10.8 Å². The molecule has 178 valence electrons. The summed E-state index contributed by atoms with van der Waals surface area (Å²) in [6, 6.07) is 11.9. The lowest BCUT2D eigenvalue weighted by Gasteiger charge is -2.43. The first kappa shape index (κ1) is 22.9. The van der Waals surface area contributed by atoms with E-state index >= 15 is 0 Å². The highest BCUT2D eigenvalue weighted by Gasteiger charge is 2.35. The number of sulfonamides is 1. The second kappa shape index (κ2) is 9.08. The summed E-state index contributed by atoms with van der Waals surface area (Å²) < 4.78 is 29.7. The summed E-state index contributed by atoms with van der Waals surface area (Å²) in [6.07, 6.45) is 1.75. The van der Waals surface area contributed by atoms with Gasteiger partial charge in [0.05, 0.1) is 4.90 Å². The van der Waals surface area contributed by atoms with E-state index in [9.17, 15) is 13.2 Å². The molecule has 0 radical (unpaired) electrons. The number of piperidine rings is 1. The summed E-state index contributed by atoms with van der Waals surface area (Å²) in [5, 5.41) is 12.6. The zero-order valence-electron chi connectivity index (χ0n) is 18.5. The van der Waals surface area contributed by atoms with E-state index in [2.05, 4.69) is 25.1 Å². The van der Waals surface area contributed by atoms with Gasteiger partial charge in [-0.2, -0.15) is 0 Å². The molecule has 12 heteroatoms. The van der Waals surface area contributed by atoms with Crippen LogP contribution >= 0.6 is 23.6 Å². The summed E-state index contributed by atoms with van der Waals surface area (Å²) in [6.45, 7) is 4.16. The Morgan fingerprint density at radius 1 is 1.15 bits per heavy atom. The molecule has 2 N–H and O–H groups in total. The standard InChI is InChI=1S/C22H24N6O3S3/c1-2-19-24-25-21(33-19)26-34(30,31)17-8-6-16(7-9-17)23-22(32)27-11-14-10-15(13-27)18-4-3-5-20(29)28(18)12-14/h3-9,14-15H,2,10-13H2,1H3,(H,23,32)(H,25,26)/t14-,15?/m1/s1. The molecule has 34 heavy (non-hydrogen) atoms. The number of pyridine rings is 1. The van der Waals surface area contributed by atoms with Gasteiger partial charge in [-0.15, -0.1) is 10.2 Å². The monoisotopic (exact) mass is 516 g/mol. The molecular weight excluding hydrogens is 492 g/mol. The molecular formula is C22H24N6O3S3. The summed E-state index contributed by atoms with van der Waals surface area (Å²) in [4.78, 5) is 14.5. The molecule has 0 amide bonds. The minimum atomic E-state index is -3.76. The number of rotatable bonds is 5. The summed E-state index contributed by atoms with van der Waals surface area (Å²) in [5.41, 5.74) is 1.84. The lowest BCUT2D eigenvalue weighted by molar-refractivity contribution is 0.180. The lowest BCUT2D eigenvalue weighted by Crippen LogP contribution is -2.50. The van der Waals surface area contributed by atoms with Crippen molar-refractivity contribution in [2.75, 3.05) is 23.1 Å². The average molecular weight is 517 g/mol. The number of hydrogen-bond donors (Lipinski definition) is 2. The first-order valence-corrected chi connectivity index (χ1v) is 13.7. The van der Waals surface area contributed by atoms with Gasteiger partial charge in [0.15, 0.2) is 5.11 Å². The maximum atomic E-state index is 12.7. The molecule has 1 fully saturated rings. The van der Waals surface area contributed by atoms with E-state index in [1.165, 1.54) is 23.5 Å². The Labute approximate surface area is 206 Å². The molecule has 0 spiro atoms. The molecule has 2 bridgehead atoms. The maximum absolute atomic E-state index is 12.7. The number of fused-ring (bicyclic) bond motifs is 4. The van der Waals surface area contributed by atoms with E-state index in [4.69, 9.17) is 12.2 Å². The van der Waals surface area contributed by atoms with Crippen LogP contribution in [0.5, 0.6) is 0 Å². The first-order valence-electron chi connectivity index (χ1n) is 11.0. The number of benzene rings is 1. The van der Waals surface area contributed by atoms with Gasteiger partial charge in [0.25, 0.3) is 15.6 Å². The smallest absolute Gasteiger partial charge is 0.263 e. The number of anilines is 2. The van der Waals surface area contributed by atoms with Crippen molar-refractivity contribution in [2.24, 2.45) is 5.92 Å². The van der Waals surface area contributed by atoms with E-state index in [1.54, 1.807) is 18.2 Å². The number of hydrogen-bond acceptors (Lipinski definition) is 7. The van der Waals surface area contributed by atoms with Gasteiger partial charge in [0.2, 0.25) is 5.13 Å². The summed E-state index contributed by atoms with van der Waals surface area (Å²) in [7, 11) is -3.76. The summed E-state index contributed by atoms with van der Waals surface area (Å²) >= 11 is 6.89. The number of nitrogens with zero attached hydrogens (tertiary/aromatic N) is 4. The van der Waals surface area contributed by atoms with Gasteiger partial charge in [-0.25, -0.2) is 8.42 Å². The van der Waals surface area contributed by atoms with Gasteiger partial charge in [0, 0.05) is 43.0 Å². The largest absolute Gasteiger partial charge is 0.348 e. The number of aryl methyl sites for hydroxylation is 1. The van der Waals surface area contributed by atoms with E-state index in [0.29, 0.717) is 29.7 Å². The van der Waals surface area contributed by atoms with Crippen molar-refractivity contribution in [3.8, 4) is 0 Å². The number of likely N-dealkylation sites (tertiary alicyclic amines) is 1. The van der Waals surface area contributed by atoms with E-state index in [0.717, 1.165) is 30.2 Å². The molecule has 4 heterocycles. The van der Waals surface area contributed by atoms with Crippen molar-refractivity contribution in [1.82, 2.24) is 19.7 Å². The van der Waals surface area contributed by atoms with Crippen LogP contribution in [0.25, 0.3) is 0 Å². The van der Waals surface area contributed by atoms with E-state index < -0.39 is 10.0 Å². The second-order valence-corrected chi connectivity index (χ2v) is 11.6. The molecule has 0 aliphatic carbocycles. The van der Waals surface area contributed by atoms with Gasteiger partial charge < -0.3 is 14.8 Å². The SMILES string of the molecule is CCc1nnc(NS(=O)(=O)c2ccc(NC(=S)N3CC4C[C@H](C3)Cn3c4cccc3=O)cc2)s1. The summed E-state index contributed by atoms with van der Waals surface area (Å²) in [5.74, 6) is 0.617. The van der Waals surface area contributed by atoms with Crippen LogP contribution < -0.4 is 15.6 Å². The van der Waals surface area contributed by atoms with Crippen molar-refractivity contribution in [2.45, 2.75) is 37.1 Å². The molecule has 9 nitrogen and oxygen atoms in total. The molecule has 5 rings (SSSR count). The van der Waals surface area contributed by atoms with Crippen molar-refractivity contribution in [3.63, 3.8) is 0 Å². The highest BCUT2D eigenvalue weighted by molar-refractivity contribution is 7.93. The first-order chi connectivity index (χ1) is 16.3. The number of aromatic nitrogens is 3. The molecule has 2 aliphatic heterocycles. The zero-order valence-corrected chi connectivity index (χ0v) is 20.9. The van der Waals surface area contributed by atoms with E-state index in [1.807, 2.05) is 23.6 Å². The Hall–Kier alpha value is -2.83. The molecule has 1 aromatic carbocycles. The molecule has 3 aromatic rings. The van der Waals surface area contributed by atoms with Crippen molar-refractivity contribution >= 4 is 49.5 Å². The predicted molar refractivity (Wildman–Crippen MR) is 136 cm³/mol. The van der Waals surface area contributed by atoms with Crippen molar-refractivity contribution < 1.29 is 8.42 Å². The highest BCUT2D eigenvalue weighted by atomic mass is 32.2. The third-order valence-corrected chi connectivity index (χ3v) is 9.00. The minimum absolute atomic E-state index is 0.0582. The fourth-order valence-electron chi connectivity index (χ4n) is 4.59. The Balaban J connectivity index is 1.25. The molecule has 0 saturated carbocycles. The van der Waals surface area contributed by atoms with Crippen LogP contribution in [0.1, 0.15) is 30.0 Å². The molecule has 1 saturated heterocycles. The maximum Gasteiger partial charge on any atom is 0.263 e. The molecule has 2 aromatic heterocycles. The number of thiocarbonyl (C=S) groups is 1. The van der Waals surface area contributed by atoms with Gasteiger partial charge in [-0.3, -0.25) is 9.52 Å². The third kappa shape index (κ3) is 4.57. The Bertz CT molecular complexity index is 1380. The van der Waals surface area contributed by atoms with Gasteiger partial charge >= 0.3 is 0 Å². The normalized spacial score (nSPS) is 19.4. The van der Waals surface area contributed by atoms with E-state index in [-0.39, 0.29) is 21.5 Å². The predicted octanol–water partition coefficient (Wildman–Crippen LogP) is 2.88. The van der Waals surface area contributed by atoms with Crippen LogP contribution in [-0.4, -0.2) is 46.3 Å². The molecule has 2 aliphatic rings. The average Bonchev–Trinajstić information content (AvgIpc) is 3.27. The third-order valence-electron chi connectivity index (χ3n) is 6.17. The van der Waals surface area contributed by atoms with Crippen LogP contribution in [0, 0.1) is 5.92 Å². The molecule has 1 unspecified atom stereocenters. The Morgan fingerprint density at radius 2 is 1.94 bits per heavy atom. The van der Waals surface area contributed by atoms with Crippen molar-refractivity contribution in [1.29, 1.82) is 0 Å². The van der Waals surface area contributed by atoms with Crippen LogP contribution in [0.2, 0.25) is 0 Å². The quantitative estimate of drug-likeness (QED) is 0.499. The second-order valence-electron chi connectivity index (χ2n) is 8.52. The number of nitrogens with one attached hydrogen (secondary N) is 2. The lowest BCUT2D eigenvalue weighted by atomic mass is 9.83. The van der Waals surface area contributed by atoms with Gasteiger partial charge in [0.1, 0.15) is 5.01 Å². The fourth-order valence-corrected chi connectivity index (χ4v) is 6.77. The van der Waals surface area contributed by atoms with Gasteiger partial charge in [-0.05, 0) is 61.3 Å². The van der Waals surface area contributed by atoms with Gasteiger partial charge in [-0.1, -0.05) is 24.3 Å². The fraction of sp³-hybridized carbons (Fsp3) is 0.364. The Morgan fingerprint density at radius 3 is 2.68 bits per heavy atom. The highest BCUT2D eigenvalue weighted by Crippen LogP contribution is 2.35. The van der Waals surface area contributed by atoms with Crippen LogP contribution in [-0.2, 0) is 23.0 Å². The topological polar surface area (TPSA) is 109 Å². The van der Waals surface area contributed by atoms with Crippen LogP contribution in [0.15, 0.2) is 52.2 Å². The van der Waals surface area contributed by atoms with Crippen LogP contribution in [0.3, 0.4) is 0 Å².